The molecule has 24 heavy (non-hydrogen) atoms. The van der Waals surface area contributed by atoms with Gasteiger partial charge in [-0.05, 0) is 17.7 Å². The van der Waals surface area contributed by atoms with Gasteiger partial charge < -0.3 is 4.74 Å². The largest absolute Gasteiger partial charge is 0.440 e. The van der Waals surface area contributed by atoms with Crippen molar-refractivity contribution in [2.24, 2.45) is 5.92 Å². The SMILES string of the molecule is CC(C)[C@H]1OC(=O)[C@H](Cc2ccccc2)N1C(=O)c1ccccc1. The molecule has 2 aromatic rings. The van der Waals surface area contributed by atoms with E-state index in [1.807, 2.05) is 62.4 Å². The first-order valence-electron chi connectivity index (χ1n) is 8.20. The van der Waals surface area contributed by atoms with Crippen LogP contribution >= 0.6 is 0 Å². The van der Waals surface area contributed by atoms with Crippen LogP contribution in [0.5, 0.6) is 0 Å². The molecular formula is C20H21NO3. The second kappa shape index (κ2) is 6.87. The van der Waals surface area contributed by atoms with Gasteiger partial charge in [0.25, 0.3) is 5.91 Å². The van der Waals surface area contributed by atoms with Crippen LogP contribution in [0.4, 0.5) is 0 Å². The Balaban J connectivity index is 1.93. The van der Waals surface area contributed by atoms with Crippen molar-refractivity contribution in [2.45, 2.75) is 32.5 Å². The van der Waals surface area contributed by atoms with Crippen molar-refractivity contribution in [2.75, 3.05) is 0 Å². The number of rotatable bonds is 4. The van der Waals surface area contributed by atoms with E-state index in [2.05, 4.69) is 0 Å². The van der Waals surface area contributed by atoms with E-state index < -0.39 is 12.3 Å². The third-order valence-electron chi connectivity index (χ3n) is 4.22. The van der Waals surface area contributed by atoms with Crippen LogP contribution in [0.2, 0.25) is 0 Å². The minimum Gasteiger partial charge on any atom is -0.440 e. The van der Waals surface area contributed by atoms with Crippen molar-refractivity contribution in [3.8, 4) is 0 Å². The molecule has 4 heteroatoms. The summed E-state index contributed by atoms with van der Waals surface area (Å²) in [7, 11) is 0. The fourth-order valence-electron chi connectivity index (χ4n) is 3.01. The molecular weight excluding hydrogens is 302 g/mol. The molecule has 1 aliphatic heterocycles. The summed E-state index contributed by atoms with van der Waals surface area (Å²) in [5.74, 6) is -0.467. The Labute approximate surface area is 142 Å². The quantitative estimate of drug-likeness (QED) is 0.811. The van der Waals surface area contributed by atoms with Crippen LogP contribution in [-0.2, 0) is 16.0 Å². The van der Waals surface area contributed by atoms with Crippen LogP contribution < -0.4 is 0 Å². The number of esters is 1. The molecule has 0 aliphatic carbocycles. The van der Waals surface area contributed by atoms with Crippen LogP contribution in [0, 0.1) is 5.92 Å². The molecule has 1 fully saturated rings. The Bertz CT molecular complexity index is 712. The zero-order chi connectivity index (χ0) is 17.1. The van der Waals surface area contributed by atoms with Gasteiger partial charge in [0.1, 0.15) is 6.04 Å². The second-order valence-corrected chi connectivity index (χ2v) is 6.36. The number of amides is 1. The molecule has 1 aliphatic rings. The molecule has 2 aromatic carbocycles. The third kappa shape index (κ3) is 3.18. The molecule has 0 saturated carbocycles. The zero-order valence-corrected chi connectivity index (χ0v) is 13.9. The minimum atomic E-state index is -0.590. The van der Waals surface area contributed by atoms with Crippen molar-refractivity contribution < 1.29 is 14.3 Å². The Morgan fingerprint density at radius 2 is 1.62 bits per heavy atom. The predicted octanol–water partition coefficient (Wildman–Crippen LogP) is 3.28. The van der Waals surface area contributed by atoms with Gasteiger partial charge in [0.05, 0.1) is 0 Å². The monoisotopic (exact) mass is 323 g/mol. The van der Waals surface area contributed by atoms with Crippen LogP contribution in [0.1, 0.15) is 29.8 Å². The summed E-state index contributed by atoms with van der Waals surface area (Å²) in [5.41, 5.74) is 1.58. The number of cyclic esters (lactones) is 1. The van der Waals surface area contributed by atoms with Gasteiger partial charge in [0, 0.05) is 17.9 Å². The number of nitrogens with zero attached hydrogens (tertiary/aromatic N) is 1. The standard InChI is InChI=1S/C20H21NO3/c1-14(2)19-21(18(22)16-11-7-4-8-12-16)17(20(23)24-19)13-15-9-5-3-6-10-15/h3-12,14,17,19H,13H2,1-2H3/t17-,19+/m0/s1. The smallest absolute Gasteiger partial charge is 0.331 e. The fourth-order valence-corrected chi connectivity index (χ4v) is 3.01. The average molecular weight is 323 g/mol. The normalized spacial score (nSPS) is 20.3. The molecule has 4 nitrogen and oxygen atoms in total. The summed E-state index contributed by atoms with van der Waals surface area (Å²) in [5, 5.41) is 0. The molecule has 1 heterocycles. The minimum absolute atomic E-state index is 0.0300. The number of carbonyl (C=O) groups excluding carboxylic acids is 2. The molecule has 0 N–H and O–H groups in total. The van der Waals surface area contributed by atoms with Gasteiger partial charge in [0.2, 0.25) is 0 Å². The molecule has 2 atom stereocenters. The lowest BCUT2D eigenvalue weighted by atomic mass is 10.0. The summed E-state index contributed by atoms with van der Waals surface area (Å²) >= 11 is 0. The summed E-state index contributed by atoms with van der Waals surface area (Å²) in [6, 6.07) is 18.2. The van der Waals surface area contributed by atoms with E-state index >= 15 is 0 Å². The summed E-state index contributed by atoms with van der Waals surface area (Å²) in [6.07, 6.45) is -0.0690. The third-order valence-corrected chi connectivity index (χ3v) is 4.22. The number of hydrogen-bond donors (Lipinski definition) is 0. The Hall–Kier alpha value is -2.62. The van der Waals surface area contributed by atoms with Crippen LogP contribution in [-0.4, -0.2) is 29.0 Å². The summed E-state index contributed by atoms with van der Waals surface area (Å²) in [4.78, 5) is 27.0. The first-order chi connectivity index (χ1) is 11.6. The lowest BCUT2D eigenvalue weighted by molar-refractivity contribution is -0.144. The van der Waals surface area contributed by atoms with E-state index in [-0.39, 0.29) is 17.8 Å². The van der Waals surface area contributed by atoms with Crippen LogP contribution in [0.3, 0.4) is 0 Å². The topological polar surface area (TPSA) is 46.6 Å². The summed E-state index contributed by atoms with van der Waals surface area (Å²) in [6.45, 7) is 3.90. The Morgan fingerprint density at radius 3 is 2.21 bits per heavy atom. The van der Waals surface area contributed by atoms with Gasteiger partial charge in [-0.3, -0.25) is 9.69 Å². The van der Waals surface area contributed by atoms with Gasteiger partial charge in [-0.2, -0.15) is 0 Å². The highest BCUT2D eigenvalue weighted by atomic mass is 16.6. The number of benzene rings is 2. The Morgan fingerprint density at radius 1 is 1.04 bits per heavy atom. The zero-order valence-electron chi connectivity index (χ0n) is 13.9. The highest BCUT2D eigenvalue weighted by Crippen LogP contribution is 2.28. The number of ether oxygens (including phenoxy) is 1. The molecule has 0 spiro atoms. The fraction of sp³-hybridized carbons (Fsp3) is 0.300. The first-order valence-corrected chi connectivity index (χ1v) is 8.20. The van der Waals surface area contributed by atoms with Gasteiger partial charge in [-0.25, -0.2) is 4.79 Å². The van der Waals surface area contributed by atoms with Crippen LogP contribution in [0.25, 0.3) is 0 Å². The lowest BCUT2D eigenvalue weighted by Crippen LogP contribution is -2.45. The first kappa shape index (κ1) is 16.2. The van der Waals surface area contributed by atoms with E-state index in [9.17, 15) is 9.59 Å². The number of hydrogen-bond acceptors (Lipinski definition) is 3. The molecule has 0 unspecified atom stereocenters. The van der Waals surface area contributed by atoms with Crippen LogP contribution in [0.15, 0.2) is 60.7 Å². The molecule has 124 valence electrons. The number of carbonyl (C=O) groups is 2. The highest BCUT2D eigenvalue weighted by molar-refractivity contribution is 5.98. The maximum atomic E-state index is 13.0. The molecule has 1 amide bonds. The lowest BCUT2D eigenvalue weighted by Gasteiger charge is -2.28. The molecule has 1 saturated heterocycles. The van der Waals surface area contributed by atoms with E-state index in [4.69, 9.17) is 4.74 Å². The second-order valence-electron chi connectivity index (χ2n) is 6.36. The van der Waals surface area contributed by atoms with Crippen molar-refractivity contribution >= 4 is 11.9 Å². The Kier molecular flexibility index (Phi) is 4.65. The van der Waals surface area contributed by atoms with Gasteiger partial charge >= 0.3 is 5.97 Å². The predicted molar refractivity (Wildman–Crippen MR) is 91.3 cm³/mol. The highest BCUT2D eigenvalue weighted by Gasteiger charge is 2.46. The van der Waals surface area contributed by atoms with Gasteiger partial charge in [-0.15, -0.1) is 0 Å². The van der Waals surface area contributed by atoms with Crippen molar-refractivity contribution in [3.63, 3.8) is 0 Å². The maximum absolute atomic E-state index is 13.0. The van der Waals surface area contributed by atoms with Crippen molar-refractivity contribution in [1.29, 1.82) is 0 Å². The molecule has 0 bridgehead atoms. The van der Waals surface area contributed by atoms with Crippen molar-refractivity contribution in [3.05, 3.63) is 71.8 Å². The van der Waals surface area contributed by atoms with Gasteiger partial charge in [-0.1, -0.05) is 62.4 Å². The molecule has 0 aromatic heterocycles. The van der Waals surface area contributed by atoms with E-state index in [0.717, 1.165) is 5.56 Å². The van der Waals surface area contributed by atoms with E-state index in [1.54, 1.807) is 17.0 Å². The molecule has 3 rings (SSSR count). The average Bonchev–Trinajstić information content (AvgIpc) is 2.93. The van der Waals surface area contributed by atoms with E-state index in [0.29, 0.717) is 12.0 Å². The van der Waals surface area contributed by atoms with Gasteiger partial charge in [0.15, 0.2) is 6.23 Å². The summed E-state index contributed by atoms with van der Waals surface area (Å²) < 4.78 is 5.53. The maximum Gasteiger partial charge on any atom is 0.331 e. The van der Waals surface area contributed by atoms with Crippen molar-refractivity contribution in [1.82, 2.24) is 4.90 Å². The van der Waals surface area contributed by atoms with E-state index in [1.165, 1.54) is 0 Å². The molecule has 0 radical (unpaired) electrons.